The number of aromatic nitrogens is 3. The highest BCUT2D eigenvalue weighted by Gasteiger charge is 2.19. The minimum absolute atomic E-state index is 0.102. The summed E-state index contributed by atoms with van der Waals surface area (Å²) < 4.78 is 2.23. The standard InChI is InChI=1S/C13H15N3/c1-13(2,3)11-8-15-12-5-4-9-10(16(11)12)6-7-14-9/h4-8,14H,1-3H3. The molecule has 0 atom stereocenters. The number of imidazole rings is 1. The highest BCUT2D eigenvalue weighted by Crippen LogP contribution is 2.26. The van der Waals surface area contributed by atoms with E-state index in [1.165, 1.54) is 11.2 Å². The van der Waals surface area contributed by atoms with Gasteiger partial charge in [-0.05, 0) is 18.2 Å². The predicted molar refractivity (Wildman–Crippen MR) is 65.7 cm³/mol. The van der Waals surface area contributed by atoms with Gasteiger partial charge in [0, 0.05) is 23.5 Å². The lowest BCUT2D eigenvalue weighted by Gasteiger charge is -2.18. The fourth-order valence-corrected chi connectivity index (χ4v) is 2.13. The second kappa shape index (κ2) is 2.88. The molecule has 0 unspecified atom stereocenters. The monoisotopic (exact) mass is 213 g/mol. The van der Waals surface area contributed by atoms with Crippen molar-refractivity contribution in [2.24, 2.45) is 0 Å². The Kier molecular flexibility index (Phi) is 1.70. The first-order valence-corrected chi connectivity index (χ1v) is 5.51. The van der Waals surface area contributed by atoms with Crippen LogP contribution in [0.25, 0.3) is 16.7 Å². The second-order valence-corrected chi connectivity index (χ2v) is 5.20. The molecule has 0 saturated carbocycles. The summed E-state index contributed by atoms with van der Waals surface area (Å²) >= 11 is 0. The van der Waals surface area contributed by atoms with Crippen molar-refractivity contribution in [2.45, 2.75) is 26.2 Å². The number of rotatable bonds is 0. The van der Waals surface area contributed by atoms with Gasteiger partial charge in [-0.25, -0.2) is 4.98 Å². The topological polar surface area (TPSA) is 33.1 Å². The van der Waals surface area contributed by atoms with Crippen molar-refractivity contribution in [1.29, 1.82) is 0 Å². The van der Waals surface area contributed by atoms with Gasteiger partial charge in [-0.1, -0.05) is 20.8 Å². The molecular weight excluding hydrogens is 198 g/mol. The molecule has 3 aromatic heterocycles. The summed E-state index contributed by atoms with van der Waals surface area (Å²) in [5, 5.41) is 0. The van der Waals surface area contributed by atoms with Gasteiger partial charge in [0.25, 0.3) is 0 Å². The minimum Gasteiger partial charge on any atom is -0.360 e. The Morgan fingerprint density at radius 3 is 2.75 bits per heavy atom. The molecule has 0 bridgehead atoms. The molecule has 0 aliphatic rings. The van der Waals surface area contributed by atoms with E-state index in [9.17, 15) is 0 Å². The van der Waals surface area contributed by atoms with E-state index in [-0.39, 0.29) is 5.41 Å². The first kappa shape index (κ1) is 9.46. The average molecular weight is 213 g/mol. The van der Waals surface area contributed by atoms with Gasteiger partial charge in [-0.15, -0.1) is 0 Å². The molecule has 3 heteroatoms. The molecule has 0 aliphatic carbocycles. The summed E-state index contributed by atoms with van der Waals surface area (Å²) in [6.45, 7) is 6.63. The van der Waals surface area contributed by atoms with E-state index >= 15 is 0 Å². The van der Waals surface area contributed by atoms with Crippen LogP contribution in [0, 0.1) is 0 Å². The molecule has 0 saturated heterocycles. The first-order chi connectivity index (χ1) is 7.57. The fourth-order valence-electron chi connectivity index (χ4n) is 2.13. The lowest BCUT2D eigenvalue weighted by Crippen LogP contribution is -2.14. The maximum absolute atomic E-state index is 4.46. The Morgan fingerprint density at radius 2 is 2.00 bits per heavy atom. The highest BCUT2D eigenvalue weighted by molar-refractivity contribution is 5.79. The van der Waals surface area contributed by atoms with Crippen LogP contribution in [0.3, 0.4) is 0 Å². The molecule has 0 fully saturated rings. The molecule has 0 spiro atoms. The molecule has 3 rings (SSSR count). The van der Waals surface area contributed by atoms with Gasteiger partial charge in [-0.3, -0.25) is 4.40 Å². The summed E-state index contributed by atoms with van der Waals surface area (Å²) in [4.78, 5) is 7.70. The third-order valence-corrected chi connectivity index (χ3v) is 2.95. The van der Waals surface area contributed by atoms with Gasteiger partial charge >= 0.3 is 0 Å². The zero-order chi connectivity index (χ0) is 11.3. The van der Waals surface area contributed by atoms with Crippen LogP contribution in [0.4, 0.5) is 0 Å². The zero-order valence-electron chi connectivity index (χ0n) is 9.78. The van der Waals surface area contributed by atoms with Crippen molar-refractivity contribution in [2.75, 3.05) is 0 Å². The van der Waals surface area contributed by atoms with Gasteiger partial charge < -0.3 is 4.98 Å². The number of nitrogens with one attached hydrogen (secondary N) is 1. The van der Waals surface area contributed by atoms with Gasteiger partial charge in [-0.2, -0.15) is 0 Å². The van der Waals surface area contributed by atoms with Crippen molar-refractivity contribution in [3.05, 3.63) is 36.3 Å². The van der Waals surface area contributed by atoms with Crippen molar-refractivity contribution >= 4 is 16.7 Å². The number of aromatic amines is 1. The number of pyridine rings is 1. The highest BCUT2D eigenvalue weighted by atomic mass is 15.0. The summed E-state index contributed by atoms with van der Waals surface area (Å²) in [5.74, 6) is 0. The molecule has 1 N–H and O–H groups in total. The Hall–Kier alpha value is -1.77. The van der Waals surface area contributed by atoms with Crippen LogP contribution in [0.5, 0.6) is 0 Å². The summed E-state index contributed by atoms with van der Waals surface area (Å²) in [6, 6.07) is 6.22. The molecule has 0 aliphatic heterocycles. The zero-order valence-corrected chi connectivity index (χ0v) is 9.78. The third-order valence-electron chi connectivity index (χ3n) is 2.95. The van der Waals surface area contributed by atoms with Crippen LogP contribution in [-0.2, 0) is 5.41 Å². The summed E-state index contributed by atoms with van der Waals surface area (Å²) in [5.41, 5.74) is 4.70. The quantitative estimate of drug-likeness (QED) is 0.611. The second-order valence-electron chi connectivity index (χ2n) is 5.20. The average Bonchev–Trinajstić information content (AvgIpc) is 2.81. The first-order valence-electron chi connectivity index (χ1n) is 5.51. The van der Waals surface area contributed by atoms with Crippen LogP contribution in [-0.4, -0.2) is 14.4 Å². The van der Waals surface area contributed by atoms with Crippen LogP contribution in [0.15, 0.2) is 30.6 Å². The molecule has 3 aromatic rings. The third kappa shape index (κ3) is 1.18. The smallest absolute Gasteiger partial charge is 0.137 e. The molecule has 0 aromatic carbocycles. The number of hydrogen-bond donors (Lipinski definition) is 1. The SMILES string of the molecule is CC(C)(C)c1cnc2ccc3[nH]ccc3n12. The van der Waals surface area contributed by atoms with E-state index in [0.29, 0.717) is 0 Å². The normalized spacial score (nSPS) is 12.7. The van der Waals surface area contributed by atoms with Crippen molar-refractivity contribution in [3.63, 3.8) is 0 Å². The van der Waals surface area contributed by atoms with E-state index in [1.54, 1.807) is 0 Å². The number of nitrogens with zero attached hydrogens (tertiary/aromatic N) is 2. The lowest BCUT2D eigenvalue weighted by atomic mass is 9.93. The molecule has 3 heterocycles. The Labute approximate surface area is 94.1 Å². The van der Waals surface area contributed by atoms with Crippen molar-refractivity contribution < 1.29 is 0 Å². The van der Waals surface area contributed by atoms with E-state index in [2.05, 4.69) is 47.3 Å². The van der Waals surface area contributed by atoms with Crippen LogP contribution >= 0.6 is 0 Å². The Bertz CT molecular complexity index is 652. The Morgan fingerprint density at radius 1 is 1.19 bits per heavy atom. The van der Waals surface area contributed by atoms with Crippen LogP contribution in [0.1, 0.15) is 26.5 Å². The Balaban J connectivity index is 2.51. The van der Waals surface area contributed by atoms with Crippen molar-refractivity contribution in [3.8, 4) is 0 Å². The van der Waals surface area contributed by atoms with Crippen LogP contribution in [0.2, 0.25) is 0 Å². The van der Waals surface area contributed by atoms with Crippen molar-refractivity contribution in [1.82, 2.24) is 14.4 Å². The fraction of sp³-hybridized carbons (Fsp3) is 0.308. The number of H-pyrrole nitrogens is 1. The van der Waals surface area contributed by atoms with Gasteiger partial charge in [0.2, 0.25) is 0 Å². The summed E-state index contributed by atoms with van der Waals surface area (Å²) in [7, 11) is 0. The molecular formula is C13H15N3. The van der Waals surface area contributed by atoms with E-state index < -0.39 is 0 Å². The lowest BCUT2D eigenvalue weighted by molar-refractivity contribution is 0.566. The molecule has 16 heavy (non-hydrogen) atoms. The number of fused-ring (bicyclic) bond motifs is 3. The van der Waals surface area contributed by atoms with Gasteiger partial charge in [0.1, 0.15) is 5.65 Å². The van der Waals surface area contributed by atoms with Crippen LogP contribution < -0.4 is 0 Å². The molecule has 3 nitrogen and oxygen atoms in total. The molecule has 82 valence electrons. The largest absolute Gasteiger partial charge is 0.360 e. The minimum atomic E-state index is 0.102. The van der Waals surface area contributed by atoms with Gasteiger partial charge in [0.15, 0.2) is 0 Å². The van der Waals surface area contributed by atoms with Gasteiger partial charge in [0.05, 0.1) is 11.0 Å². The maximum atomic E-state index is 4.46. The predicted octanol–water partition coefficient (Wildman–Crippen LogP) is 3.11. The maximum Gasteiger partial charge on any atom is 0.137 e. The van der Waals surface area contributed by atoms with E-state index in [4.69, 9.17) is 0 Å². The number of hydrogen-bond acceptors (Lipinski definition) is 1. The van der Waals surface area contributed by atoms with E-state index in [1.807, 2.05) is 18.5 Å². The van der Waals surface area contributed by atoms with E-state index in [0.717, 1.165) is 11.2 Å². The molecule has 0 radical (unpaired) electrons. The summed E-state index contributed by atoms with van der Waals surface area (Å²) in [6.07, 6.45) is 3.94. The molecule has 0 amide bonds.